The van der Waals surface area contributed by atoms with Crippen LogP contribution in [-0.2, 0) is 0 Å². The van der Waals surface area contributed by atoms with Gasteiger partial charge in [-0.1, -0.05) is 42.0 Å². The Bertz CT molecular complexity index is 559. The molecule has 0 N–H and O–H groups in total. The molecule has 0 saturated heterocycles. The van der Waals surface area contributed by atoms with Gasteiger partial charge in [0.05, 0.1) is 4.92 Å². The molecular formula is C14H13NO2. The summed E-state index contributed by atoms with van der Waals surface area (Å²) in [7, 11) is 0. The summed E-state index contributed by atoms with van der Waals surface area (Å²) >= 11 is 0. The third-order valence-corrected chi connectivity index (χ3v) is 2.86. The van der Waals surface area contributed by atoms with Crippen molar-refractivity contribution in [2.24, 2.45) is 0 Å². The quantitative estimate of drug-likeness (QED) is 0.577. The van der Waals surface area contributed by atoms with E-state index in [0.717, 1.165) is 11.1 Å². The fraction of sp³-hybridized carbons (Fsp3) is 0.143. The fourth-order valence-corrected chi connectivity index (χ4v) is 1.87. The van der Waals surface area contributed by atoms with Crippen LogP contribution in [-0.4, -0.2) is 4.92 Å². The molecule has 0 saturated carbocycles. The number of nitro groups is 1. The molecule has 0 amide bonds. The zero-order chi connectivity index (χ0) is 12.4. The predicted molar refractivity (Wildman–Crippen MR) is 68.0 cm³/mol. The van der Waals surface area contributed by atoms with E-state index >= 15 is 0 Å². The van der Waals surface area contributed by atoms with E-state index in [9.17, 15) is 10.1 Å². The SMILES string of the molecule is Cc1ccc(-c2cccc([N+](=O)[O-])c2C)cc1. The first-order chi connectivity index (χ1) is 8.09. The van der Waals surface area contributed by atoms with E-state index in [0.29, 0.717) is 5.56 Å². The topological polar surface area (TPSA) is 43.1 Å². The summed E-state index contributed by atoms with van der Waals surface area (Å²) in [5.74, 6) is 0. The Morgan fingerprint density at radius 2 is 1.65 bits per heavy atom. The van der Waals surface area contributed by atoms with Crippen molar-refractivity contribution < 1.29 is 4.92 Å². The second-order valence-corrected chi connectivity index (χ2v) is 4.07. The van der Waals surface area contributed by atoms with Gasteiger partial charge in [-0.15, -0.1) is 0 Å². The molecule has 0 aliphatic rings. The maximum absolute atomic E-state index is 10.9. The van der Waals surface area contributed by atoms with Crippen LogP contribution in [0.4, 0.5) is 5.69 Å². The van der Waals surface area contributed by atoms with E-state index in [1.807, 2.05) is 37.3 Å². The molecule has 0 unspecified atom stereocenters. The lowest BCUT2D eigenvalue weighted by molar-refractivity contribution is -0.385. The van der Waals surface area contributed by atoms with Crippen molar-refractivity contribution in [1.82, 2.24) is 0 Å². The number of hydrogen-bond acceptors (Lipinski definition) is 2. The molecule has 0 heterocycles. The lowest BCUT2D eigenvalue weighted by Gasteiger charge is -2.06. The molecule has 0 bridgehead atoms. The molecular weight excluding hydrogens is 214 g/mol. The second kappa shape index (κ2) is 4.37. The number of rotatable bonds is 2. The van der Waals surface area contributed by atoms with E-state index in [-0.39, 0.29) is 10.6 Å². The average Bonchev–Trinajstić information content (AvgIpc) is 2.30. The van der Waals surface area contributed by atoms with Gasteiger partial charge in [0.25, 0.3) is 5.69 Å². The van der Waals surface area contributed by atoms with Crippen LogP contribution in [0.3, 0.4) is 0 Å². The van der Waals surface area contributed by atoms with Gasteiger partial charge in [0.15, 0.2) is 0 Å². The van der Waals surface area contributed by atoms with Gasteiger partial charge in [-0.2, -0.15) is 0 Å². The average molecular weight is 227 g/mol. The summed E-state index contributed by atoms with van der Waals surface area (Å²) in [5, 5.41) is 10.9. The Hall–Kier alpha value is -2.16. The smallest absolute Gasteiger partial charge is 0.258 e. The Morgan fingerprint density at radius 1 is 1.00 bits per heavy atom. The van der Waals surface area contributed by atoms with Crippen molar-refractivity contribution in [1.29, 1.82) is 0 Å². The van der Waals surface area contributed by atoms with Crippen LogP contribution in [0.1, 0.15) is 11.1 Å². The Kier molecular flexibility index (Phi) is 2.91. The minimum Gasteiger partial charge on any atom is -0.258 e. The molecule has 0 radical (unpaired) electrons. The Morgan fingerprint density at radius 3 is 2.24 bits per heavy atom. The maximum Gasteiger partial charge on any atom is 0.272 e. The number of nitrogens with zero attached hydrogens (tertiary/aromatic N) is 1. The minimum atomic E-state index is -0.340. The van der Waals surface area contributed by atoms with Gasteiger partial charge in [0.2, 0.25) is 0 Å². The molecule has 0 fully saturated rings. The van der Waals surface area contributed by atoms with Crippen LogP contribution >= 0.6 is 0 Å². The molecule has 2 aromatic carbocycles. The van der Waals surface area contributed by atoms with E-state index in [4.69, 9.17) is 0 Å². The lowest BCUT2D eigenvalue weighted by Crippen LogP contribution is -1.93. The Labute approximate surface area is 99.9 Å². The van der Waals surface area contributed by atoms with Crippen LogP contribution in [0.2, 0.25) is 0 Å². The predicted octanol–water partition coefficient (Wildman–Crippen LogP) is 3.88. The molecule has 0 spiro atoms. The standard InChI is InChI=1S/C14H13NO2/c1-10-6-8-12(9-7-10)13-4-3-5-14(11(13)2)15(16)17/h3-9H,1-2H3. The third kappa shape index (κ3) is 2.18. The third-order valence-electron chi connectivity index (χ3n) is 2.86. The molecule has 0 aliphatic heterocycles. The summed E-state index contributed by atoms with van der Waals surface area (Å²) in [6, 6.07) is 13.2. The van der Waals surface area contributed by atoms with Gasteiger partial charge in [0.1, 0.15) is 0 Å². The molecule has 2 aromatic rings. The highest BCUT2D eigenvalue weighted by molar-refractivity contribution is 5.71. The minimum absolute atomic E-state index is 0.170. The van der Waals surface area contributed by atoms with Gasteiger partial charge in [0, 0.05) is 11.6 Å². The zero-order valence-electron chi connectivity index (χ0n) is 9.81. The van der Waals surface area contributed by atoms with Crippen molar-refractivity contribution in [2.75, 3.05) is 0 Å². The van der Waals surface area contributed by atoms with E-state index in [1.54, 1.807) is 13.0 Å². The van der Waals surface area contributed by atoms with Crippen LogP contribution in [0.25, 0.3) is 11.1 Å². The van der Waals surface area contributed by atoms with Crippen LogP contribution in [0.15, 0.2) is 42.5 Å². The normalized spacial score (nSPS) is 10.2. The van der Waals surface area contributed by atoms with Crippen molar-refractivity contribution in [2.45, 2.75) is 13.8 Å². The molecule has 17 heavy (non-hydrogen) atoms. The van der Waals surface area contributed by atoms with Gasteiger partial charge < -0.3 is 0 Å². The van der Waals surface area contributed by atoms with Crippen molar-refractivity contribution in [3.8, 4) is 11.1 Å². The Balaban J connectivity index is 2.56. The fourth-order valence-electron chi connectivity index (χ4n) is 1.87. The zero-order valence-corrected chi connectivity index (χ0v) is 9.81. The molecule has 3 heteroatoms. The molecule has 0 aliphatic carbocycles. The highest BCUT2D eigenvalue weighted by atomic mass is 16.6. The van der Waals surface area contributed by atoms with Gasteiger partial charge >= 0.3 is 0 Å². The van der Waals surface area contributed by atoms with Crippen molar-refractivity contribution in [3.63, 3.8) is 0 Å². The molecule has 86 valence electrons. The molecule has 3 nitrogen and oxygen atoms in total. The van der Waals surface area contributed by atoms with Crippen LogP contribution in [0, 0.1) is 24.0 Å². The number of hydrogen-bond donors (Lipinski definition) is 0. The molecule has 0 aromatic heterocycles. The number of nitro benzene ring substituents is 1. The largest absolute Gasteiger partial charge is 0.272 e. The first-order valence-corrected chi connectivity index (χ1v) is 5.40. The molecule has 0 atom stereocenters. The van der Waals surface area contributed by atoms with Gasteiger partial charge in [-0.3, -0.25) is 10.1 Å². The summed E-state index contributed by atoms with van der Waals surface area (Å²) in [6.07, 6.45) is 0. The van der Waals surface area contributed by atoms with E-state index in [2.05, 4.69) is 0 Å². The van der Waals surface area contributed by atoms with Crippen molar-refractivity contribution in [3.05, 3.63) is 63.7 Å². The van der Waals surface area contributed by atoms with E-state index in [1.165, 1.54) is 11.6 Å². The lowest BCUT2D eigenvalue weighted by atomic mass is 9.98. The van der Waals surface area contributed by atoms with Gasteiger partial charge in [-0.25, -0.2) is 0 Å². The van der Waals surface area contributed by atoms with Crippen molar-refractivity contribution >= 4 is 5.69 Å². The number of benzene rings is 2. The highest BCUT2D eigenvalue weighted by Crippen LogP contribution is 2.29. The van der Waals surface area contributed by atoms with Crippen LogP contribution < -0.4 is 0 Å². The number of aryl methyl sites for hydroxylation is 1. The molecule has 2 rings (SSSR count). The van der Waals surface area contributed by atoms with Crippen LogP contribution in [0.5, 0.6) is 0 Å². The first kappa shape index (κ1) is 11.3. The first-order valence-electron chi connectivity index (χ1n) is 5.40. The summed E-state index contributed by atoms with van der Waals surface area (Å²) in [5.41, 5.74) is 3.98. The highest BCUT2D eigenvalue weighted by Gasteiger charge is 2.13. The second-order valence-electron chi connectivity index (χ2n) is 4.07. The van der Waals surface area contributed by atoms with Gasteiger partial charge in [-0.05, 0) is 25.0 Å². The summed E-state index contributed by atoms with van der Waals surface area (Å²) < 4.78 is 0. The monoisotopic (exact) mass is 227 g/mol. The summed E-state index contributed by atoms with van der Waals surface area (Å²) in [6.45, 7) is 3.80. The summed E-state index contributed by atoms with van der Waals surface area (Å²) in [4.78, 5) is 10.5. The maximum atomic E-state index is 10.9. The van der Waals surface area contributed by atoms with E-state index < -0.39 is 0 Å².